The largest absolute Gasteiger partial charge is 0.481 e. The number of hydrogen-bond acceptors (Lipinski definition) is 12. The number of carbonyl (C=O) groups is 1. The summed E-state index contributed by atoms with van der Waals surface area (Å²) in [5.74, 6) is -0.392. The van der Waals surface area contributed by atoms with Gasteiger partial charge in [0.2, 0.25) is 0 Å². The molecule has 0 aromatic heterocycles. The molecule has 45 heavy (non-hydrogen) atoms. The summed E-state index contributed by atoms with van der Waals surface area (Å²) >= 11 is 0. The number of carboxylic acid groups (broad SMARTS) is 1. The molecule has 6 fully saturated rings. The van der Waals surface area contributed by atoms with E-state index in [-0.39, 0.29) is 22.7 Å². The van der Waals surface area contributed by atoms with Crippen molar-refractivity contribution >= 4 is 5.97 Å². The van der Waals surface area contributed by atoms with Crippen LogP contribution in [0.2, 0.25) is 0 Å². The molecule has 4 saturated carbocycles. The molecule has 2 saturated heterocycles. The van der Waals surface area contributed by atoms with Crippen LogP contribution in [-0.4, -0.2) is 127 Å². The summed E-state index contributed by atoms with van der Waals surface area (Å²) in [6.45, 7) is 7.33. The Kier molecular flexibility index (Phi) is 8.77. The fourth-order valence-corrected chi connectivity index (χ4v) is 10.6. The zero-order valence-electron chi connectivity index (χ0n) is 26.0. The van der Waals surface area contributed by atoms with E-state index >= 15 is 0 Å². The monoisotopic (exact) mass is 642 g/mol. The van der Waals surface area contributed by atoms with E-state index < -0.39 is 91.6 Å². The summed E-state index contributed by atoms with van der Waals surface area (Å²) in [5.41, 5.74) is -1.10. The summed E-state index contributed by atoms with van der Waals surface area (Å²) in [6, 6.07) is 0. The Morgan fingerprint density at radius 3 is 2.11 bits per heavy atom. The maximum atomic E-state index is 12.5. The zero-order valence-corrected chi connectivity index (χ0v) is 26.0. The summed E-state index contributed by atoms with van der Waals surface area (Å²) in [6.07, 6.45) is -8.44. The van der Waals surface area contributed by atoms with Crippen molar-refractivity contribution in [3.63, 3.8) is 0 Å². The van der Waals surface area contributed by atoms with E-state index in [9.17, 15) is 45.6 Å². The van der Waals surface area contributed by atoms with Crippen molar-refractivity contribution in [3.05, 3.63) is 12.2 Å². The third kappa shape index (κ3) is 5.04. The molecule has 0 amide bonds. The number of aliphatic hydroxyl groups excluding tert-OH is 7. The van der Waals surface area contributed by atoms with E-state index in [2.05, 4.69) is 13.5 Å². The first-order chi connectivity index (χ1) is 21.2. The average molecular weight is 643 g/mol. The molecule has 13 heteroatoms. The highest BCUT2D eigenvalue weighted by Gasteiger charge is 2.69. The second-order valence-electron chi connectivity index (χ2n) is 15.2. The maximum absolute atomic E-state index is 12.5. The van der Waals surface area contributed by atoms with Crippen LogP contribution in [0, 0.1) is 28.1 Å². The zero-order chi connectivity index (χ0) is 32.7. The molecule has 13 nitrogen and oxygen atoms in total. The van der Waals surface area contributed by atoms with Crippen molar-refractivity contribution in [3.8, 4) is 0 Å². The molecule has 0 aromatic carbocycles. The summed E-state index contributed by atoms with van der Waals surface area (Å²) < 4.78 is 24.1. The SMILES string of the molecule is C=C1C[C@@]23CC[C@H]4[C@@](C)(CCC[C@@]4(C)C(=O)O)[C@@H]2CCC1(O[C@@H]1O[C@H](CO)[C@@H](O)[C@H](O)[C@H]1O[C@@H]1O[C@H](CO)[C@@H](O)[C@H](O)[C@H]1O)C3. The van der Waals surface area contributed by atoms with Crippen molar-refractivity contribution in [1.82, 2.24) is 0 Å². The molecule has 1 spiro atoms. The molecule has 1 unspecified atom stereocenters. The standard InChI is InChI=1S/C32H50O13/c1-15-11-31-9-5-18-29(2,7-4-8-30(18,3)28(40)41)19(31)6-10-32(15,14-31)45-27-25(23(38)21(36)17(13-34)43-27)44-26-24(39)22(37)20(35)16(12-33)42-26/h16-27,33-39H,1,4-14H2,2-3H3,(H,40,41)/t16-,17-,18+,19+,20-,21-,22+,23+,24-,25-,26+,27+,29-,30-,31-,32?/m1/s1. The van der Waals surface area contributed by atoms with Gasteiger partial charge in [-0.2, -0.15) is 0 Å². The van der Waals surface area contributed by atoms with E-state index in [1.807, 2.05) is 6.92 Å². The molecule has 2 aliphatic heterocycles. The first-order valence-electron chi connectivity index (χ1n) is 16.3. The van der Waals surface area contributed by atoms with Crippen LogP contribution in [0.15, 0.2) is 12.2 Å². The van der Waals surface area contributed by atoms with Crippen molar-refractivity contribution in [1.29, 1.82) is 0 Å². The minimum atomic E-state index is -1.76. The molecular weight excluding hydrogens is 592 g/mol. The summed E-state index contributed by atoms with van der Waals surface area (Å²) in [7, 11) is 0. The number of ether oxygens (including phenoxy) is 4. The van der Waals surface area contributed by atoms with E-state index in [4.69, 9.17) is 18.9 Å². The van der Waals surface area contributed by atoms with E-state index in [1.165, 1.54) is 0 Å². The van der Waals surface area contributed by atoms with Gasteiger partial charge in [0.1, 0.15) is 48.8 Å². The Bertz CT molecular complexity index is 1150. The van der Waals surface area contributed by atoms with Gasteiger partial charge in [-0.3, -0.25) is 4.79 Å². The predicted octanol–water partition coefficient (Wildman–Crippen LogP) is -0.197. The van der Waals surface area contributed by atoms with E-state index in [1.54, 1.807) is 0 Å². The van der Waals surface area contributed by atoms with Gasteiger partial charge in [0.25, 0.3) is 0 Å². The van der Waals surface area contributed by atoms with Gasteiger partial charge >= 0.3 is 5.97 Å². The topological polar surface area (TPSA) is 216 Å². The lowest BCUT2D eigenvalue weighted by molar-refractivity contribution is -0.378. The molecule has 4 aliphatic carbocycles. The first kappa shape index (κ1) is 33.7. The molecule has 6 aliphatic rings. The molecule has 16 atom stereocenters. The van der Waals surface area contributed by atoms with Crippen molar-refractivity contribution in [2.24, 2.45) is 28.1 Å². The van der Waals surface area contributed by atoms with Crippen LogP contribution in [0.3, 0.4) is 0 Å². The number of fused-ring (bicyclic) bond motifs is 3. The number of hydrogen-bond donors (Lipinski definition) is 8. The fourth-order valence-electron chi connectivity index (χ4n) is 10.6. The van der Waals surface area contributed by atoms with Gasteiger partial charge < -0.3 is 59.8 Å². The minimum absolute atomic E-state index is 0.0640. The Morgan fingerprint density at radius 2 is 1.47 bits per heavy atom. The van der Waals surface area contributed by atoms with Gasteiger partial charge in [0.15, 0.2) is 12.6 Å². The van der Waals surface area contributed by atoms with Gasteiger partial charge in [-0.1, -0.05) is 19.9 Å². The number of carboxylic acids is 1. The van der Waals surface area contributed by atoms with Crippen LogP contribution in [-0.2, 0) is 23.7 Å². The first-order valence-corrected chi connectivity index (χ1v) is 16.3. The van der Waals surface area contributed by atoms with Crippen LogP contribution in [0.4, 0.5) is 0 Å². The maximum Gasteiger partial charge on any atom is 0.309 e. The third-order valence-corrected chi connectivity index (χ3v) is 12.9. The van der Waals surface area contributed by atoms with E-state index in [0.29, 0.717) is 25.7 Å². The number of aliphatic hydroxyl groups is 7. The molecule has 2 bridgehead atoms. The summed E-state index contributed by atoms with van der Waals surface area (Å²) in [4.78, 5) is 12.5. The van der Waals surface area contributed by atoms with Crippen LogP contribution < -0.4 is 0 Å². The Hall–Kier alpha value is -1.23. The van der Waals surface area contributed by atoms with Crippen LogP contribution >= 0.6 is 0 Å². The highest BCUT2D eigenvalue weighted by molar-refractivity contribution is 5.75. The van der Waals surface area contributed by atoms with Crippen LogP contribution in [0.25, 0.3) is 0 Å². The predicted molar refractivity (Wildman–Crippen MR) is 154 cm³/mol. The molecule has 2 heterocycles. The number of aliphatic carboxylic acids is 1. The second kappa shape index (κ2) is 11.7. The van der Waals surface area contributed by atoms with Gasteiger partial charge in [-0.15, -0.1) is 0 Å². The second-order valence-corrected chi connectivity index (χ2v) is 15.2. The van der Waals surface area contributed by atoms with Crippen molar-refractivity contribution in [2.45, 2.75) is 139 Å². The Balaban J connectivity index is 1.26. The Labute approximate surface area is 262 Å². The average Bonchev–Trinajstić information content (AvgIpc) is 3.19. The van der Waals surface area contributed by atoms with Crippen molar-refractivity contribution in [2.75, 3.05) is 13.2 Å². The molecule has 8 N–H and O–H groups in total. The van der Waals surface area contributed by atoms with Crippen LogP contribution in [0.5, 0.6) is 0 Å². The highest BCUT2D eigenvalue weighted by Crippen LogP contribution is 2.73. The lowest BCUT2D eigenvalue weighted by atomic mass is 9.41. The lowest BCUT2D eigenvalue weighted by Gasteiger charge is -2.64. The third-order valence-electron chi connectivity index (χ3n) is 12.9. The van der Waals surface area contributed by atoms with Gasteiger partial charge in [0.05, 0.1) is 24.2 Å². The van der Waals surface area contributed by atoms with E-state index in [0.717, 1.165) is 37.7 Å². The molecule has 0 radical (unpaired) electrons. The normalized spacial score (nSPS) is 54.7. The summed E-state index contributed by atoms with van der Waals surface area (Å²) in [5, 5.41) is 82.8. The van der Waals surface area contributed by atoms with Crippen LogP contribution in [0.1, 0.15) is 71.6 Å². The smallest absolute Gasteiger partial charge is 0.309 e. The fraction of sp³-hybridized carbons (Fsp3) is 0.906. The molecule has 6 rings (SSSR count). The molecule has 256 valence electrons. The quantitative estimate of drug-likeness (QED) is 0.134. The highest BCUT2D eigenvalue weighted by atomic mass is 16.8. The Morgan fingerprint density at radius 1 is 0.844 bits per heavy atom. The minimum Gasteiger partial charge on any atom is -0.481 e. The van der Waals surface area contributed by atoms with Gasteiger partial charge in [0, 0.05) is 0 Å². The molecular formula is C32H50O13. The molecule has 0 aromatic rings. The van der Waals surface area contributed by atoms with Gasteiger partial charge in [-0.25, -0.2) is 0 Å². The van der Waals surface area contributed by atoms with Crippen molar-refractivity contribution < 1.29 is 64.6 Å². The number of rotatable bonds is 7. The van der Waals surface area contributed by atoms with Gasteiger partial charge in [-0.05, 0) is 86.5 Å². The lowest BCUT2D eigenvalue weighted by Crippen LogP contribution is -2.65.